The lowest BCUT2D eigenvalue weighted by Crippen LogP contribution is -2.36. The van der Waals surface area contributed by atoms with Crippen LogP contribution in [0.3, 0.4) is 0 Å². The number of hydrogen-bond acceptors (Lipinski definition) is 5. The Morgan fingerprint density at radius 3 is 2.95 bits per heavy atom. The van der Waals surface area contributed by atoms with Crippen LogP contribution in [-0.4, -0.2) is 48.6 Å². The molecule has 7 nitrogen and oxygen atoms in total. The molecule has 0 saturated carbocycles. The Balaban J connectivity index is 2.06. The van der Waals surface area contributed by atoms with E-state index in [0.717, 1.165) is 18.5 Å². The summed E-state index contributed by atoms with van der Waals surface area (Å²) in [5, 5.41) is 14.9. The number of amides is 1. The minimum Gasteiger partial charge on any atom is -0.496 e. The highest BCUT2D eigenvalue weighted by molar-refractivity contribution is 5.99. The van der Waals surface area contributed by atoms with E-state index in [0.29, 0.717) is 17.9 Å². The number of likely N-dealkylation sites (N-methyl/N-ethyl adjacent to an activating group) is 1. The molecule has 21 heavy (non-hydrogen) atoms. The SMILES string of the molecule is COc1cc(CNC2CCN(C)C2=O)ccc1/C(N)=N/O. The van der Waals surface area contributed by atoms with E-state index < -0.39 is 0 Å². The van der Waals surface area contributed by atoms with Gasteiger partial charge in [-0.2, -0.15) is 0 Å². The van der Waals surface area contributed by atoms with Crippen LogP contribution in [-0.2, 0) is 11.3 Å². The Kier molecular flexibility index (Phi) is 4.64. The third-order valence-electron chi connectivity index (χ3n) is 3.63. The molecule has 1 aromatic rings. The monoisotopic (exact) mass is 292 g/mol. The van der Waals surface area contributed by atoms with Crippen LogP contribution in [0, 0.1) is 0 Å². The molecule has 7 heteroatoms. The molecular weight excluding hydrogens is 272 g/mol. The summed E-state index contributed by atoms with van der Waals surface area (Å²) in [7, 11) is 3.33. The van der Waals surface area contributed by atoms with Crippen molar-refractivity contribution < 1.29 is 14.7 Å². The predicted molar refractivity (Wildman–Crippen MR) is 78.4 cm³/mol. The standard InChI is InChI=1S/C14H20N4O3/c1-18-6-5-11(14(18)19)16-8-9-3-4-10(13(15)17-20)12(7-9)21-2/h3-4,7,11,16,20H,5-6,8H2,1-2H3,(H2,15,17). The molecular formula is C14H20N4O3. The molecule has 1 aliphatic rings. The van der Waals surface area contributed by atoms with Gasteiger partial charge in [-0.3, -0.25) is 4.79 Å². The first-order valence-corrected chi connectivity index (χ1v) is 6.70. The third kappa shape index (κ3) is 3.25. The van der Waals surface area contributed by atoms with Crippen LogP contribution in [0.5, 0.6) is 5.75 Å². The number of oxime groups is 1. The molecule has 1 saturated heterocycles. The maximum absolute atomic E-state index is 11.8. The molecule has 0 spiro atoms. The summed E-state index contributed by atoms with van der Waals surface area (Å²) < 4.78 is 5.24. The van der Waals surface area contributed by atoms with Gasteiger partial charge in [0.2, 0.25) is 5.91 Å². The number of amidine groups is 1. The van der Waals surface area contributed by atoms with Crippen molar-refractivity contribution in [3.63, 3.8) is 0 Å². The molecule has 2 rings (SSSR count). The summed E-state index contributed by atoms with van der Waals surface area (Å²) in [6.07, 6.45) is 0.814. The van der Waals surface area contributed by atoms with Crippen LogP contribution in [0.4, 0.5) is 0 Å². The lowest BCUT2D eigenvalue weighted by Gasteiger charge is -2.14. The number of methoxy groups -OCH3 is 1. The molecule has 0 radical (unpaired) electrons. The molecule has 1 heterocycles. The van der Waals surface area contributed by atoms with Crippen molar-refractivity contribution in [3.05, 3.63) is 29.3 Å². The van der Waals surface area contributed by atoms with E-state index in [1.807, 2.05) is 12.1 Å². The van der Waals surface area contributed by atoms with Gasteiger partial charge in [-0.1, -0.05) is 11.2 Å². The number of rotatable bonds is 5. The summed E-state index contributed by atoms with van der Waals surface area (Å²) in [4.78, 5) is 13.5. The fourth-order valence-corrected chi connectivity index (χ4v) is 2.36. The van der Waals surface area contributed by atoms with Gasteiger partial charge >= 0.3 is 0 Å². The van der Waals surface area contributed by atoms with Gasteiger partial charge in [0.1, 0.15) is 5.75 Å². The summed E-state index contributed by atoms with van der Waals surface area (Å²) in [6.45, 7) is 1.33. The van der Waals surface area contributed by atoms with Crippen molar-refractivity contribution >= 4 is 11.7 Å². The normalized spacial score (nSPS) is 19.1. The summed E-state index contributed by atoms with van der Waals surface area (Å²) in [5.74, 6) is 0.647. The van der Waals surface area contributed by atoms with Crippen LogP contribution >= 0.6 is 0 Å². The number of carbonyl (C=O) groups is 1. The topological polar surface area (TPSA) is 100 Å². The zero-order valence-electron chi connectivity index (χ0n) is 12.2. The zero-order chi connectivity index (χ0) is 15.4. The van der Waals surface area contributed by atoms with Gasteiger partial charge in [-0.25, -0.2) is 0 Å². The predicted octanol–water partition coefficient (Wildman–Crippen LogP) is 0.110. The highest BCUT2D eigenvalue weighted by Crippen LogP contribution is 2.20. The Morgan fingerprint density at radius 2 is 2.38 bits per heavy atom. The molecule has 1 fully saturated rings. The molecule has 4 N–H and O–H groups in total. The highest BCUT2D eigenvalue weighted by Gasteiger charge is 2.28. The second kappa shape index (κ2) is 6.45. The third-order valence-corrected chi connectivity index (χ3v) is 3.63. The first-order chi connectivity index (χ1) is 10.1. The number of carbonyl (C=O) groups excluding carboxylic acids is 1. The molecule has 1 aliphatic heterocycles. The van der Waals surface area contributed by atoms with Crippen molar-refractivity contribution in [1.29, 1.82) is 0 Å². The van der Waals surface area contributed by atoms with Gasteiger partial charge in [-0.15, -0.1) is 0 Å². The average molecular weight is 292 g/mol. The van der Waals surface area contributed by atoms with Crippen LogP contribution in [0.1, 0.15) is 17.5 Å². The quantitative estimate of drug-likeness (QED) is 0.309. The largest absolute Gasteiger partial charge is 0.496 e. The maximum Gasteiger partial charge on any atom is 0.239 e. The first kappa shape index (κ1) is 15.1. The highest BCUT2D eigenvalue weighted by atomic mass is 16.5. The number of hydrogen-bond donors (Lipinski definition) is 3. The van der Waals surface area contributed by atoms with Crippen molar-refractivity contribution in [2.75, 3.05) is 20.7 Å². The van der Waals surface area contributed by atoms with Crippen molar-refractivity contribution in [2.45, 2.75) is 19.0 Å². The van der Waals surface area contributed by atoms with E-state index in [2.05, 4.69) is 10.5 Å². The second-order valence-corrected chi connectivity index (χ2v) is 5.00. The van der Waals surface area contributed by atoms with Crippen LogP contribution in [0.15, 0.2) is 23.4 Å². The number of ether oxygens (including phenoxy) is 1. The molecule has 1 atom stereocenters. The Morgan fingerprint density at radius 1 is 1.62 bits per heavy atom. The molecule has 0 aromatic heterocycles. The van der Waals surface area contributed by atoms with E-state index in [1.54, 1.807) is 18.0 Å². The van der Waals surface area contributed by atoms with Gasteiger partial charge in [0, 0.05) is 20.1 Å². The molecule has 1 amide bonds. The average Bonchev–Trinajstić information content (AvgIpc) is 2.83. The summed E-state index contributed by atoms with van der Waals surface area (Å²) in [6, 6.07) is 5.26. The first-order valence-electron chi connectivity index (χ1n) is 6.70. The minimum absolute atomic E-state index is 0.000968. The van der Waals surface area contributed by atoms with Gasteiger partial charge in [0.25, 0.3) is 0 Å². The fraction of sp³-hybridized carbons (Fsp3) is 0.429. The van der Waals surface area contributed by atoms with E-state index in [4.69, 9.17) is 15.7 Å². The van der Waals surface area contributed by atoms with Gasteiger partial charge in [-0.05, 0) is 24.1 Å². The maximum atomic E-state index is 11.8. The van der Waals surface area contributed by atoms with Crippen molar-refractivity contribution in [1.82, 2.24) is 10.2 Å². The number of nitrogens with one attached hydrogen (secondary N) is 1. The Labute approximate surface area is 123 Å². The van der Waals surface area contributed by atoms with E-state index >= 15 is 0 Å². The van der Waals surface area contributed by atoms with Gasteiger partial charge in [0.15, 0.2) is 5.84 Å². The smallest absolute Gasteiger partial charge is 0.239 e. The van der Waals surface area contributed by atoms with Crippen LogP contribution in [0.25, 0.3) is 0 Å². The molecule has 114 valence electrons. The zero-order valence-corrected chi connectivity index (χ0v) is 12.2. The number of benzene rings is 1. The van der Waals surface area contributed by atoms with Gasteiger partial charge < -0.3 is 25.9 Å². The van der Waals surface area contributed by atoms with E-state index in [1.165, 1.54) is 7.11 Å². The Hall–Kier alpha value is -2.28. The summed E-state index contributed by atoms with van der Waals surface area (Å²) in [5.41, 5.74) is 7.07. The van der Waals surface area contributed by atoms with Gasteiger partial charge in [0.05, 0.1) is 18.7 Å². The molecule has 0 bridgehead atoms. The van der Waals surface area contributed by atoms with E-state index in [9.17, 15) is 4.79 Å². The molecule has 1 aromatic carbocycles. The number of nitrogens with two attached hydrogens (primary N) is 1. The lowest BCUT2D eigenvalue weighted by molar-refractivity contribution is -0.128. The number of likely N-dealkylation sites (tertiary alicyclic amines) is 1. The Bertz CT molecular complexity index is 559. The lowest BCUT2D eigenvalue weighted by atomic mass is 10.1. The summed E-state index contributed by atoms with van der Waals surface area (Å²) >= 11 is 0. The fourth-order valence-electron chi connectivity index (χ4n) is 2.36. The van der Waals surface area contributed by atoms with Crippen LogP contribution in [0.2, 0.25) is 0 Å². The minimum atomic E-state index is -0.134. The second-order valence-electron chi connectivity index (χ2n) is 5.00. The van der Waals surface area contributed by atoms with E-state index in [-0.39, 0.29) is 17.8 Å². The van der Waals surface area contributed by atoms with Crippen molar-refractivity contribution in [3.8, 4) is 5.75 Å². The molecule has 0 aliphatic carbocycles. The molecule has 1 unspecified atom stereocenters. The number of nitrogens with zero attached hydrogens (tertiary/aromatic N) is 2. The van der Waals surface area contributed by atoms with Crippen molar-refractivity contribution in [2.24, 2.45) is 10.9 Å². The van der Waals surface area contributed by atoms with Crippen LogP contribution < -0.4 is 15.8 Å².